The number of halogens is 2. The fourth-order valence-corrected chi connectivity index (χ4v) is 3.81. The van der Waals surface area contributed by atoms with Gasteiger partial charge in [-0.25, -0.2) is 0 Å². The van der Waals surface area contributed by atoms with Crippen LogP contribution in [0.15, 0.2) is 28.7 Å². The first-order chi connectivity index (χ1) is 9.72. The van der Waals surface area contributed by atoms with Crippen LogP contribution in [0.5, 0.6) is 0 Å². The van der Waals surface area contributed by atoms with Crippen LogP contribution in [0, 0.1) is 0 Å². The van der Waals surface area contributed by atoms with Crippen molar-refractivity contribution in [3.8, 4) is 0 Å². The zero-order valence-corrected chi connectivity index (χ0v) is 14.5. The van der Waals surface area contributed by atoms with E-state index in [2.05, 4.69) is 50.4 Å². The van der Waals surface area contributed by atoms with E-state index in [0.29, 0.717) is 5.91 Å². The SMILES string of the molecule is Cl.O=C(N1CCNCC1)C1(c2ccc(Br)cc2)CCCC1. The Hall–Kier alpha value is -0.580. The van der Waals surface area contributed by atoms with Crippen LogP contribution >= 0.6 is 28.3 Å². The van der Waals surface area contributed by atoms with Gasteiger partial charge in [0.25, 0.3) is 0 Å². The number of amides is 1. The first kappa shape index (κ1) is 16.8. The van der Waals surface area contributed by atoms with Crippen molar-refractivity contribution in [1.29, 1.82) is 0 Å². The predicted octanol–water partition coefficient (Wildman–Crippen LogP) is 3.11. The Morgan fingerprint density at radius 2 is 1.67 bits per heavy atom. The summed E-state index contributed by atoms with van der Waals surface area (Å²) in [4.78, 5) is 15.2. The van der Waals surface area contributed by atoms with E-state index in [-0.39, 0.29) is 17.8 Å². The maximum atomic E-state index is 13.1. The molecule has 21 heavy (non-hydrogen) atoms. The third kappa shape index (κ3) is 3.27. The quantitative estimate of drug-likeness (QED) is 0.864. The molecule has 0 unspecified atom stereocenters. The lowest BCUT2D eigenvalue weighted by Gasteiger charge is -2.37. The summed E-state index contributed by atoms with van der Waals surface area (Å²) in [5.41, 5.74) is 0.930. The molecule has 3 rings (SSSR count). The number of nitrogens with one attached hydrogen (secondary N) is 1. The second-order valence-electron chi connectivity index (χ2n) is 5.84. The van der Waals surface area contributed by atoms with Crippen molar-refractivity contribution in [2.75, 3.05) is 26.2 Å². The Morgan fingerprint density at radius 1 is 1.10 bits per heavy atom. The van der Waals surface area contributed by atoms with Gasteiger partial charge in [0.1, 0.15) is 0 Å². The number of benzene rings is 1. The molecule has 1 saturated heterocycles. The average molecular weight is 374 g/mol. The summed E-state index contributed by atoms with van der Waals surface area (Å²) in [5, 5.41) is 3.32. The number of carbonyl (C=O) groups is 1. The van der Waals surface area contributed by atoms with Gasteiger partial charge in [0.15, 0.2) is 0 Å². The van der Waals surface area contributed by atoms with Gasteiger partial charge in [0.05, 0.1) is 5.41 Å². The average Bonchev–Trinajstić information content (AvgIpc) is 2.99. The van der Waals surface area contributed by atoms with Crippen LogP contribution in [0.25, 0.3) is 0 Å². The lowest BCUT2D eigenvalue weighted by atomic mass is 9.77. The minimum Gasteiger partial charge on any atom is -0.339 e. The van der Waals surface area contributed by atoms with Crippen LogP contribution < -0.4 is 5.32 Å². The predicted molar refractivity (Wildman–Crippen MR) is 91.0 cm³/mol. The molecule has 0 bridgehead atoms. The van der Waals surface area contributed by atoms with E-state index in [9.17, 15) is 4.79 Å². The highest BCUT2D eigenvalue weighted by Gasteiger charge is 2.44. The van der Waals surface area contributed by atoms with Gasteiger partial charge in [0, 0.05) is 30.7 Å². The van der Waals surface area contributed by atoms with Gasteiger partial charge >= 0.3 is 0 Å². The van der Waals surface area contributed by atoms with Crippen molar-refractivity contribution >= 4 is 34.2 Å². The molecule has 1 heterocycles. The van der Waals surface area contributed by atoms with Gasteiger partial charge in [-0.3, -0.25) is 4.79 Å². The van der Waals surface area contributed by atoms with E-state index in [1.165, 1.54) is 5.56 Å². The highest BCUT2D eigenvalue weighted by Crippen LogP contribution is 2.43. The molecule has 5 heteroatoms. The summed E-state index contributed by atoms with van der Waals surface area (Å²) in [7, 11) is 0. The molecule has 0 radical (unpaired) electrons. The molecule has 1 N–H and O–H groups in total. The molecule has 1 saturated carbocycles. The van der Waals surface area contributed by atoms with Crippen LogP contribution in [0.3, 0.4) is 0 Å². The first-order valence-corrected chi connectivity index (χ1v) is 8.28. The molecule has 1 aromatic rings. The van der Waals surface area contributed by atoms with Gasteiger partial charge < -0.3 is 10.2 Å². The molecule has 0 aromatic heterocycles. The zero-order chi connectivity index (χ0) is 14.0. The van der Waals surface area contributed by atoms with Crippen LogP contribution in [0.1, 0.15) is 31.2 Å². The molecule has 2 aliphatic rings. The highest BCUT2D eigenvalue weighted by molar-refractivity contribution is 9.10. The van der Waals surface area contributed by atoms with Gasteiger partial charge in [-0.1, -0.05) is 40.9 Å². The maximum absolute atomic E-state index is 13.1. The number of piperazine rings is 1. The summed E-state index contributed by atoms with van der Waals surface area (Å²) in [6, 6.07) is 8.35. The molecule has 3 nitrogen and oxygen atoms in total. The van der Waals surface area contributed by atoms with E-state index in [1.807, 2.05) is 0 Å². The van der Waals surface area contributed by atoms with Gasteiger partial charge in [-0.05, 0) is 30.5 Å². The molecule has 0 spiro atoms. The van der Waals surface area contributed by atoms with Gasteiger partial charge in [-0.15, -0.1) is 12.4 Å². The Kier molecular flexibility index (Phi) is 5.69. The van der Waals surface area contributed by atoms with Crippen LogP contribution in [0.2, 0.25) is 0 Å². The number of rotatable bonds is 2. The number of hydrogen-bond donors (Lipinski definition) is 1. The summed E-state index contributed by atoms with van der Waals surface area (Å²) in [6.45, 7) is 3.53. The standard InChI is InChI=1S/C16H21BrN2O.ClH/c17-14-5-3-13(4-6-14)16(7-1-2-8-16)15(20)19-11-9-18-10-12-19;/h3-6,18H,1-2,7-12H2;1H. The van der Waals surface area contributed by atoms with E-state index in [1.54, 1.807) is 0 Å². The topological polar surface area (TPSA) is 32.3 Å². The Balaban J connectivity index is 0.00000161. The van der Waals surface area contributed by atoms with Crippen molar-refractivity contribution in [2.45, 2.75) is 31.1 Å². The van der Waals surface area contributed by atoms with Crippen molar-refractivity contribution in [1.82, 2.24) is 10.2 Å². The molecule has 116 valence electrons. The molecule has 1 aromatic carbocycles. The first-order valence-electron chi connectivity index (χ1n) is 7.48. The smallest absolute Gasteiger partial charge is 0.233 e. The Bertz CT molecular complexity index is 480. The fraction of sp³-hybridized carbons (Fsp3) is 0.562. The Morgan fingerprint density at radius 3 is 2.24 bits per heavy atom. The van der Waals surface area contributed by atoms with E-state index >= 15 is 0 Å². The van der Waals surface area contributed by atoms with Crippen molar-refractivity contribution in [3.05, 3.63) is 34.3 Å². The van der Waals surface area contributed by atoms with Crippen LogP contribution in [0.4, 0.5) is 0 Å². The molecule has 1 aliphatic heterocycles. The molecular formula is C16H22BrClN2O. The number of nitrogens with zero attached hydrogens (tertiary/aromatic N) is 1. The van der Waals surface area contributed by atoms with E-state index in [0.717, 1.165) is 56.3 Å². The summed E-state index contributed by atoms with van der Waals surface area (Å²) in [6.07, 6.45) is 4.32. The molecule has 2 fully saturated rings. The lowest BCUT2D eigenvalue weighted by Crippen LogP contribution is -2.52. The minimum atomic E-state index is -0.266. The maximum Gasteiger partial charge on any atom is 0.233 e. The summed E-state index contributed by atoms with van der Waals surface area (Å²) in [5.74, 6) is 0.346. The highest BCUT2D eigenvalue weighted by atomic mass is 79.9. The fourth-order valence-electron chi connectivity index (χ4n) is 3.54. The van der Waals surface area contributed by atoms with Crippen molar-refractivity contribution in [2.24, 2.45) is 0 Å². The lowest BCUT2D eigenvalue weighted by molar-refractivity contribution is -0.138. The monoisotopic (exact) mass is 372 g/mol. The van der Waals surface area contributed by atoms with E-state index in [4.69, 9.17) is 0 Å². The third-order valence-electron chi connectivity index (χ3n) is 4.67. The minimum absolute atomic E-state index is 0. The molecule has 0 atom stereocenters. The normalized spacial score (nSPS) is 20.9. The van der Waals surface area contributed by atoms with Crippen molar-refractivity contribution in [3.63, 3.8) is 0 Å². The second-order valence-corrected chi connectivity index (χ2v) is 6.75. The van der Waals surface area contributed by atoms with Crippen LogP contribution in [-0.4, -0.2) is 37.0 Å². The molecular weight excluding hydrogens is 352 g/mol. The van der Waals surface area contributed by atoms with Crippen LogP contribution in [-0.2, 0) is 10.2 Å². The molecule has 1 amide bonds. The Labute approximate surface area is 141 Å². The summed E-state index contributed by atoms with van der Waals surface area (Å²) < 4.78 is 1.07. The third-order valence-corrected chi connectivity index (χ3v) is 5.20. The largest absolute Gasteiger partial charge is 0.339 e. The van der Waals surface area contributed by atoms with Gasteiger partial charge in [0.2, 0.25) is 5.91 Å². The number of hydrogen-bond acceptors (Lipinski definition) is 2. The van der Waals surface area contributed by atoms with Crippen molar-refractivity contribution < 1.29 is 4.79 Å². The second kappa shape index (κ2) is 7.12. The molecule has 1 aliphatic carbocycles. The zero-order valence-electron chi connectivity index (χ0n) is 12.1. The number of carbonyl (C=O) groups excluding carboxylic acids is 1. The summed E-state index contributed by atoms with van der Waals surface area (Å²) >= 11 is 3.48. The van der Waals surface area contributed by atoms with E-state index < -0.39 is 0 Å². The van der Waals surface area contributed by atoms with Gasteiger partial charge in [-0.2, -0.15) is 0 Å².